The zero-order valence-corrected chi connectivity index (χ0v) is 12.2. The molecule has 0 aromatic heterocycles. The number of ketones is 2. The van der Waals surface area contributed by atoms with Crippen molar-refractivity contribution in [3.63, 3.8) is 0 Å². The summed E-state index contributed by atoms with van der Waals surface area (Å²) in [6, 6.07) is 5.34. The molecular formula is C17H19NO3. The molecule has 3 rings (SSSR count). The molecule has 0 bridgehead atoms. The molecule has 4 heteroatoms. The number of fused-ring (bicyclic) bond motifs is 1. The molecule has 0 unspecified atom stereocenters. The fraction of sp³-hybridized carbons (Fsp3) is 0.471. The minimum absolute atomic E-state index is 0.000840. The Morgan fingerprint density at radius 3 is 2.81 bits per heavy atom. The van der Waals surface area contributed by atoms with Crippen molar-refractivity contribution in [3.05, 3.63) is 34.9 Å². The highest BCUT2D eigenvalue weighted by Crippen LogP contribution is 2.30. The largest absolute Gasteiger partial charge is 0.324 e. The van der Waals surface area contributed by atoms with Crippen molar-refractivity contribution in [1.29, 1.82) is 0 Å². The standard InChI is InChI=1S/C17H19NO3/c1-2-11-5-3-7-13-14(11)10-18(17(13)21)15-8-4-6-12(19)9-16(15)20/h3,5,7,15H,2,4,6,8-10H2,1H3/t15-/m0/s1. The first kappa shape index (κ1) is 14.0. The Hall–Kier alpha value is -1.97. The van der Waals surface area contributed by atoms with Gasteiger partial charge in [-0.25, -0.2) is 0 Å². The lowest BCUT2D eigenvalue weighted by molar-refractivity contribution is -0.128. The molecule has 1 aliphatic carbocycles. The van der Waals surface area contributed by atoms with E-state index in [9.17, 15) is 14.4 Å². The number of carbonyl (C=O) groups is 3. The summed E-state index contributed by atoms with van der Waals surface area (Å²) in [5, 5.41) is 0. The van der Waals surface area contributed by atoms with Gasteiger partial charge in [0.15, 0.2) is 5.78 Å². The Morgan fingerprint density at radius 1 is 1.24 bits per heavy atom. The lowest BCUT2D eigenvalue weighted by atomic mass is 10.0. The van der Waals surface area contributed by atoms with E-state index in [1.807, 2.05) is 18.2 Å². The van der Waals surface area contributed by atoms with Crippen LogP contribution >= 0.6 is 0 Å². The minimum atomic E-state index is -0.430. The van der Waals surface area contributed by atoms with Crippen LogP contribution in [0.25, 0.3) is 0 Å². The number of amides is 1. The first-order valence-electron chi connectivity index (χ1n) is 7.58. The van der Waals surface area contributed by atoms with Gasteiger partial charge in [-0.15, -0.1) is 0 Å². The van der Waals surface area contributed by atoms with Crippen molar-refractivity contribution in [1.82, 2.24) is 4.90 Å². The Bertz CT molecular complexity index is 620. The van der Waals surface area contributed by atoms with Gasteiger partial charge in [-0.3, -0.25) is 14.4 Å². The number of aryl methyl sites for hydroxylation is 1. The van der Waals surface area contributed by atoms with Gasteiger partial charge in [0.1, 0.15) is 5.78 Å². The zero-order chi connectivity index (χ0) is 15.0. The van der Waals surface area contributed by atoms with E-state index >= 15 is 0 Å². The third-order valence-corrected chi connectivity index (χ3v) is 4.53. The van der Waals surface area contributed by atoms with Crippen molar-refractivity contribution >= 4 is 17.5 Å². The molecule has 0 radical (unpaired) electrons. The van der Waals surface area contributed by atoms with Gasteiger partial charge < -0.3 is 4.90 Å². The lowest BCUT2D eigenvalue weighted by Gasteiger charge is -2.25. The van der Waals surface area contributed by atoms with Gasteiger partial charge in [-0.05, 0) is 36.5 Å². The Kier molecular flexibility index (Phi) is 3.62. The minimum Gasteiger partial charge on any atom is -0.324 e. The number of hydrogen-bond acceptors (Lipinski definition) is 3. The molecule has 0 saturated heterocycles. The number of nitrogens with zero attached hydrogens (tertiary/aromatic N) is 1. The molecule has 110 valence electrons. The second kappa shape index (κ2) is 5.43. The molecule has 1 aliphatic heterocycles. The maximum atomic E-state index is 12.6. The van der Waals surface area contributed by atoms with E-state index in [0.29, 0.717) is 25.8 Å². The third kappa shape index (κ3) is 2.39. The summed E-state index contributed by atoms with van der Waals surface area (Å²) in [7, 11) is 0. The lowest BCUT2D eigenvalue weighted by Crippen LogP contribution is -2.41. The number of rotatable bonds is 2. The average Bonchev–Trinajstić information content (AvgIpc) is 2.70. The van der Waals surface area contributed by atoms with Crippen molar-refractivity contribution in [2.24, 2.45) is 0 Å². The molecule has 1 amide bonds. The predicted octanol–water partition coefficient (Wildman–Crippen LogP) is 2.29. The van der Waals surface area contributed by atoms with E-state index in [0.717, 1.165) is 17.5 Å². The van der Waals surface area contributed by atoms with E-state index in [4.69, 9.17) is 0 Å². The molecule has 21 heavy (non-hydrogen) atoms. The number of hydrogen-bond donors (Lipinski definition) is 0. The van der Waals surface area contributed by atoms with Gasteiger partial charge in [0.2, 0.25) is 0 Å². The van der Waals surface area contributed by atoms with Gasteiger partial charge in [0, 0.05) is 18.5 Å². The molecule has 0 spiro atoms. The topological polar surface area (TPSA) is 54.5 Å². The van der Waals surface area contributed by atoms with Crippen LogP contribution < -0.4 is 0 Å². The summed E-state index contributed by atoms with van der Waals surface area (Å²) in [5.41, 5.74) is 2.94. The molecule has 0 N–H and O–H groups in total. The molecule has 4 nitrogen and oxygen atoms in total. The fourth-order valence-electron chi connectivity index (χ4n) is 3.39. The first-order valence-corrected chi connectivity index (χ1v) is 7.58. The van der Waals surface area contributed by atoms with Crippen LogP contribution in [0.3, 0.4) is 0 Å². The van der Waals surface area contributed by atoms with Crippen LogP contribution in [0.5, 0.6) is 0 Å². The highest BCUT2D eigenvalue weighted by molar-refractivity contribution is 6.06. The SMILES string of the molecule is CCc1cccc2c1CN([C@H]1CCCC(=O)CC1=O)C2=O. The van der Waals surface area contributed by atoms with Crippen LogP contribution in [-0.4, -0.2) is 28.4 Å². The average molecular weight is 285 g/mol. The first-order chi connectivity index (χ1) is 10.1. The summed E-state index contributed by atoms with van der Waals surface area (Å²) in [6.45, 7) is 2.57. The quantitative estimate of drug-likeness (QED) is 0.619. The van der Waals surface area contributed by atoms with Crippen molar-refractivity contribution in [3.8, 4) is 0 Å². The molecule has 1 aromatic rings. The van der Waals surface area contributed by atoms with Gasteiger partial charge in [-0.2, -0.15) is 0 Å². The monoisotopic (exact) mass is 285 g/mol. The highest BCUT2D eigenvalue weighted by atomic mass is 16.2. The van der Waals surface area contributed by atoms with Gasteiger partial charge in [0.25, 0.3) is 5.91 Å². The predicted molar refractivity (Wildman–Crippen MR) is 78.0 cm³/mol. The molecule has 1 heterocycles. The van der Waals surface area contributed by atoms with Crippen LogP contribution in [0, 0.1) is 0 Å². The summed E-state index contributed by atoms with van der Waals surface area (Å²) in [5.74, 6) is -0.161. The Balaban J connectivity index is 1.90. The van der Waals surface area contributed by atoms with E-state index in [2.05, 4.69) is 6.92 Å². The zero-order valence-electron chi connectivity index (χ0n) is 12.2. The molecule has 1 saturated carbocycles. The van der Waals surface area contributed by atoms with Gasteiger partial charge in [-0.1, -0.05) is 19.1 Å². The van der Waals surface area contributed by atoms with E-state index in [1.165, 1.54) is 5.56 Å². The van der Waals surface area contributed by atoms with E-state index in [-0.39, 0.29) is 23.9 Å². The highest BCUT2D eigenvalue weighted by Gasteiger charge is 2.38. The second-order valence-corrected chi connectivity index (χ2v) is 5.82. The number of carbonyl (C=O) groups excluding carboxylic acids is 3. The third-order valence-electron chi connectivity index (χ3n) is 4.53. The Labute approximate surface area is 124 Å². The summed E-state index contributed by atoms with van der Waals surface area (Å²) in [6.07, 6.45) is 2.60. The van der Waals surface area contributed by atoms with E-state index in [1.54, 1.807) is 4.90 Å². The van der Waals surface area contributed by atoms with Crippen LogP contribution in [-0.2, 0) is 22.6 Å². The van der Waals surface area contributed by atoms with Crippen LogP contribution in [0.1, 0.15) is 54.1 Å². The van der Waals surface area contributed by atoms with Gasteiger partial charge in [0.05, 0.1) is 12.5 Å². The molecule has 1 fully saturated rings. The second-order valence-electron chi connectivity index (χ2n) is 5.82. The van der Waals surface area contributed by atoms with E-state index < -0.39 is 6.04 Å². The van der Waals surface area contributed by atoms with Crippen LogP contribution in [0.4, 0.5) is 0 Å². The van der Waals surface area contributed by atoms with Crippen molar-refractivity contribution in [2.45, 2.75) is 51.6 Å². The maximum Gasteiger partial charge on any atom is 0.255 e. The molecule has 1 aromatic carbocycles. The summed E-state index contributed by atoms with van der Waals surface area (Å²) in [4.78, 5) is 38.0. The fourth-order valence-corrected chi connectivity index (χ4v) is 3.39. The summed E-state index contributed by atoms with van der Waals surface area (Å²) >= 11 is 0. The normalized spacial score (nSPS) is 22.4. The van der Waals surface area contributed by atoms with Crippen LogP contribution in [0.15, 0.2) is 18.2 Å². The molecule has 1 atom stereocenters. The molecular weight excluding hydrogens is 266 g/mol. The summed E-state index contributed by atoms with van der Waals surface area (Å²) < 4.78 is 0. The number of Topliss-reactive ketones (excluding diaryl/α,β-unsaturated/α-hetero) is 2. The maximum absolute atomic E-state index is 12.6. The molecule has 2 aliphatic rings. The van der Waals surface area contributed by atoms with Gasteiger partial charge >= 0.3 is 0 Å². The Morgan fingerprint density at radius 2 is 2.05 bits per heavy atom. The van der Waals surface area contributed by atoms with Crippen LogP contribution in [0.2, 0.25) is 0 Å². The van der Waals surface area contributed by atoms with Crippen molar-refractivity contribution in [2.75, 3.05) is 0 Å². The van der Waals surface area contributed by atoms with Crippen molar-refractivity contribution < 1.29 is 14.4 Å². The number of benzene rings is 1. The smallest absolute Gasteiger partial charge is 0.255 e.